The minimum atomic E-state index is 0.334. The van der Waals surface area contributed by atoms with Crippen LogP contribution in [0.1, 0.15) is 17.4 Å². The number of aromatic hydroxyl groups is 1. The standard InChI is InChI=1S/C17H15NOS/c1-11-7-3-5-9-14(11)18-12(2)17-16(19)13-8-4-6-10-15(13)20-17/h3-10,19H,1-2H3. The molecule has 0 spiro atoms. The molecule has 1 heterocycles. The van der Waals surface area contributed by atoms with Crippen LogP contribution in [-0.4, -0.2) is 10.8 Å². The Morgan fingerprint density at radius 3 is 2.50 bits per heavy atom. The lowest BCUT2D eigenvalue weighted by Gasteiger charge is -2.02. The van der Waals surface area contributed by atoms with Crippen LogP contribution in [0, 0.1) is 6.92 Å². The number of rotatable bonds is 2. The molecule has 0 aliphatic heterocycles. The summed E-state index contributed by atoms with van der Waals surface area (Å²) in [5.41, 5.74) is 2.92. The molecule has 1 N–H and O–H groups in total. The van der Waals surface area contributed by atoms with Gasteiger partial charge in [0.05, 0.1) is 16.3 Å². The number of hydrogen-bond acceptors (Lipinski definition) is 3. The second-order valence-corrected chi connectivity index (χ2v) is 5.81. The Morgan fingerprint density at radius 2 is 1.75 bits per heavy atom. The van der Waals surface area contributed by atoms with Gasteiger partial charge < -0.3 is 5.11 Å². The molecule has 0 fully saturated rings. The van der Waals surface area contributed by atoms with E-state index in [1.807, 2.05) is 62.4 Å². The Hall–Kier alpha value is -2.13. The van der Waals surface area contributed by atoms with Gasteiger partial charge in [0, 0.05) is 10.1 Å². The van der Waals surface area contributed by atoms with E-state index < -0.39 is 0 Å². The highest BCUT2D eigenvalue weighted by molar-refractivity contribution is 7.21. The van der Waals surface area contributed by atoms with Gasteiger partial charge in [0.25, 0.3) is 0 Å². The molecule has 100 valence electrons. The number of hydrogen-bond donors (Lipinski definition) is 1. The lowest BCUT2D eigenvalue weighted by molar-refractivity contribution is 0.482. The molecule has 1 aromatic heterocycles. The van der Waals surface area contributed by atoms with E-state index >= 15 is 0 Å². The quantitative estimate of drug-likeness (QED) is 0.654. The predicted octanol–water partition coefficient (Wildman–Crippen LogP) is 5.06. The molecule has 3 aromatic rings. The molecular weight excluding hydrogens is 266 g/mol. The molecule has 0 radical (unpaired) electrons. The van der Waals surface area contributed by atoms with Crippen molar-refractivity contribution in [2.75, 3.05) is 0 Å². The fraction of sp³-hybridized carbons (Fsp3) is 0.118. The Labute approximate surface area is 122 Å². The van der Waals surface area contributed by atoms with Gasteiger partial charge in [0.1, 0.15) is 5.75 Å². The largest absolute Gasteiger partial charge is 0.506 e. The lowest BCUT2D eigenvalue weighted by atomic mass is 10.2. The van der Waals surface area contributed by atoms with Crippen LogP contribution in [0.25, 0.3) is 10.1 Å². The number of fused-ring (bicyclic) bond motifs is 1. The zero-order chi connectivity index (χ0) is 14.1. The number of thiophene rings is 1. The number of benzene rings is 2. The molecule has 0 saturated heterocycles. The maximum Gasteiger partial charge on any atom is 0.143 e. The third-order valence-corrected chi connectivity index (χ3v) is 4.57. The molecular formula is C17H15NOS. The molecule has 3 heteroatoms. The summed E-state index contributed by atoms with van der Waals surface area (Å²) in [5.74, 6) is 0.334. The van der Waals surface area contributed by atoms with Crippen molar-refractivity contribution in [2.45, 2.75) is 13.8 Å². The summed E-state index contributed by atoms with van der Waals surface area (Å²) in [6.45, 7) is 3.98. The SMILES string of the molecule is CC(=Nc1ccccc1C)c1sc2ccccc2c1O. The second-order valence-electron chi connectivity index (χ2n) is 4.76. The van der Waals surface area contributed by atoms with E-state index in [0.29, 0.717) is 5.75 Å². The van der Waals surface area contributed by atoms with E-state index in [1.54, 1.807) is 11.3 Å². The average molecular weight is 281 g/mol. The first-order chi connectivity index (χ1) is 9.66. The molecule has 0 bridgehead atoms. The zero-order valence-electron chi connectivity index (χ0n) is 11.4. The normalized spacial score (nSPS) is 12.0. The van der Waals surface area contributed by atoms with Gasteiger partial charge in [-0.3, -0.25) is 4.99 Å². The Balaban J connectivity index is 2.11. The van der Waals surface area contributed by atoms with Crippen molar-refractivity contribution >= 4 is 32.8 Å². The zero-order valence-corrected chi connectivity index (χ0v) is 12.2. The third kappa shape index (κ3) is 2.21. The van der Waals surface area contributed by atoms with Crippen molar-refractivity contribution in [3.05, 3.63) is 59.0 Å². The van der Waals surface area contributed by atoms with Crippen molar-refractivity contribution in [3.8, 4) is 5.75 Å². The second kappa shape index (κ2) is 5.10. The third-order valence-electron chi connectivity index (χ3n) is 3.30. The van der Waals surface area contributed by atoms with Crippen LogP contribution in [0.3, 0.4) is 0 Å². The summed E-state index contributed by atoms with van der Waals surface area (Å²) in [4.78, 5) is 5.49. The Bertz CT molecular complexity index is 802. The van der Waals surface area contributed by atoms with Gasteiger partial charge in [-0.2, -0.15) is 0 Å². The van der Waals surface area contributed by atoms with E-state index in [-0.39, 0.29) is 0 Å². The van der Waals surface area contributed by atoms with Gasteiger partial charge in [0.2, 0.25) is 0 Å². The summed E-state index contributed by atoms with van der Waals surface area (Å²) >= 11 is 1.58. The molecule has 2 nitrogen and oxygen atoms in total. The molecule has 0 saturated carbocycles. The highest BCUT2D eigenvalue weighted by atomic mass is 32.1. The highest BCUT2D eigenvalue weighted by Crippen LogP contribution is 2.37. The molecule has 0 aliphatic carbocycles. The maximum absolute atomic E-state index is 10.3. The molecule has 2 aromatic carbocycles. The van der Waals surface area contributed by atoms with Crippen molar-refractivity contribution in [3.63, 3.8) is 0 Å². The van der Waals surface area contributed by atoms with Gasteiger partial charge in [-0.15, -0.1) is 11.3 Å². The number of aliphatic imine (C=N–C) groups is 1. The van der Waals surface area contributed by atoms with E-state index in [1.165, 1.54) is 0 Å². The smallest absolute Gasteiger partial charge is 0.143 e. The molecule has 20 heavy (non-hydrogen) atoms. The number of aryl methyl sites for hydroxylation is 1. The van der Waals surface area contributed by atoms with Crippen LogP contribution in [0.2, 0.25) is 0 Å². The molecule has 0 unspecified atom stereocenters. The predicted molar refractivity (Wildman–Crippen MR) is 86.5 cm³/mol. The Morgan fingerprint density at radius 1 is 1.05 bits per heavy atom. The summed E-state index contributed by atoms with van der Waals surface area (Å²) in [5, 5.41) is 11.2. The maximum atomic E-state index is 10.3. The van der Waals surface area contributed by atoms with Crippen LogP contribution >= 0.6 is 11.3 Å². The summed E-state index contributed by atoms with van der Waals surface area (Å²) in [6.07, 6.45) is 0. The van der Waals surface area contributed by atoms with Crippen LogP contribution < -0.4 is 0 Å². The van der Waals surface area contributed by atoms with Crippen LogP contribution in [-0.2, 0) is 0 Å². The topological polar surface area (TPSA) is 32.6 Å². The minimum Gasteiger partial charge on any atom is -0.506 e. The Kier molecular flexibility index (Phi) is 3.28. The first-order valence-corrected chi connectivity index (χ1v) is 7.30. The van der Waals surface area contributed by atoms with Crippen molar-refractivity contribution in [1.82, 2.24) is 0 Å². The number of nitrogens with zero attached hydrogens (tertiary/aromatic N) is 1. The first kappa shape index (κ1) is 12.9. The monoisotopic (exact) mass is 281 g/mol. The lowest BCUT2D eigenvalue weighted by Crippen LogP contribution is -1.90. The summed E-state index contributed by atoms with van der Waals surface area (Å²) in [6, 6.07) is 15.9. The van der Waals surface area contributed by atoms with E-state index in [4.69, 9.17) is 0 Å². The molecule has 3 rings (SSSR count). The van der Waals surface area contributed by atoms with Crippen LogP contribution in [0.4, 0.5) is 5.69 Å². The van der Waals surface area contributed by atoms with Gasteiger partial charge >= 0.3 is 0 Å². The van der Waals surface area contributed by atoms with Crippen LogP contribution in [0.5, 0.6) is 5.75 Å². The van der Waals surface area contributed by atoms with Gasteiger partial charge in [-0.1, -0.05) is 30.3 Å². The molecule has 0 amide bonds. The summed E-state index contributed by atoms with van der Waals surface area (Å²) < 4.78 is 1.08. The fourth-order valence-corrected chi connectivity index (χ4v) is 3.24. The average Bonchev–Trinajstić information content (AvgIpc) is 2.79. The van der Waals surface area contributed by atoms with Crippen molar-refractivity contribution < 1.29 is 5.11 Å². The van der Waals surface area contributed by atoms with Gasteiger partial charge in [-0.05, 0) is 37.6 Å². The fourth-order valence-electron chi connectivity index (χ4n) is 2.20. The van der Waals surface area contributed by atoms with Crippen molar-refractivity contribution in [2.24, 2.45) is 4.99 Å². The highest BCUT2D eigenvalue weighted by Gasteiger charge is 2.13. The van der Waals surface area contributed by atoms with E-state index in [2.05, 4.69) is 4.99 Å². The number of para-hydroxylation sites is 1. The summed E-state index contributed by atoms with van der Waals surface area (Å²) in [7, 11) is 0. The van der Waals surface area contributed by atoms with Crippen molar-refractivity contribution in [1.29, 1.82) is 0 Å². The van der Waals surface area contributed by atoms with Gasteiger partial charge in [-0.25, -0.2) is 0 Å². The van der Waals surface area contributed by atoms with E-state index in [0.717, 1.165) is 31.9 Å². The minimum absolute atomic E-state index is 0.334. The van der Waals surface area contributed by atoms with Crippen LogP contribution in [0.15, 0.2) is 53.5 Å². The molecule has 0 atom stereocenters. The molecule has 0 aliphatic rings. The first-order valence-electron chi connectivity index (χ1n) is 6.48. The van der Waals surface area contributed by atoms with Gasteiger partial charge in [0.15, 0.2) is 0 Å². The van der Waals surface area contributed by atoms with E-state index in [9.17, 15) is 5.11 Å².